The Bertz CT molecular complexity index is 527. The highest BCUT2D eigenvalue weighted by Crippen LogP contribution is 2.21. The third kappa shape index (κ3) is 4.36. The SMILES string of the molecule is COCc1ccc(C(CN)N(C)Cc2cccnc2)cc1. The van der Waals surface area contributed by atoms with Crippen LogP contribution in [0.4, 0.5) is 0 Å². The van der Waals surface area contributed by atoms with Gasteiger partial charge >= 0.3 is 0 Å². The first-order chi connectivity index (χ1) is 10.2. The van der Waals surface area contributed by atoms with Gasteiger partial charge in [-0.25, -0.2) is 0 Å². The molecule has 2 aromatic rings. The molecule has 1 unspecified atom stereocenters. The summed E-state index contributed by atoms with van der Waals surface area (Å²) in [7, 11) is 3.80. The summed E-state index contributed by atoms with van der Waals surface area (Å²) in [5, 5.41) is 0. The van der Waals surface area contributed by atoms with Crippen molar-refractivity contribution in [2.24, 2.45) is 5.73 Å². The number of methoxy groups -OCH3 is 1. The van der Waals surface area contributed by atoms with Gasteiger partial charge in [-0.15, -0.1) is 0 Å². The van der Waals surface area contributed by atoms with Gasteiger partial charge in [0, 0.05) is 38.6 Å². The fourth-order valence-electron chi connectivity index (χ4n) is 2.46. The summed E-state index contributed by atoms with van der Waals surface area (Å²) in [4.78, 5) is 6.41. The van der Waals surface area contributed by atoms with Gasteiger partial charge < -0.3 is 10.5 Å². The highest BCUT2D eigenvalue weighted by molar-refractivity contribution is 5.25. The van der Waals surface area contributed by atoms with Crippen molar-refractivity contribution in [3.63, 3.8) is 0 Å². The summed E-state index contributed by atoms with van der Waals surface area (Å²) >= 11 is 0. The summed E-state index contributed by atoms with van der Waals surface area (Å²) < 4.78 is 5.14. The average Bonchev–Trinajstić information content (AvgIpc) is 2.51. The molecule has 0 aliphatic rings. The Labute approximate surface area is 126 Å². The summed E-state index contributed by atoms with van der Waals surface area (Å²) in [6, 6.07) is 12.7. The maximum Gasteiger partial charge on any atom is 0.0713 e. The monoisotopic (exact) mass is 285 g/mol. The van der Waals surface area contributed by atoms with Gasteiger partial charge in [0.2, 0.25) is 0 Å². The van der Waals surface area contributed by atoms with Crippen molar-refractivity contribution in [2.75, 3.05) is 20.7 Å². The zero-order valence-electron chi connectivity index (χ0n) is 12.7. The topological polar surface area (TPSA) is 51.4 Å². The molecule has 0 radical (unpaired) electrons. The number of rotatable bonds is 7. The van der Waals surface area contributed by atoms with E-state index in [4.69, 9.17) is 10.5 Å². The first-order valence-electron chi connectivity index (χ1n) is 7.11. The van der Waals surface area contributed by atoms with Crippen LogP contribution in [0.15, 0.2) is 48.8 Å². The second-order valence-electron chi connectivity index (χ2n) is 5.20. The van der Waals surface area contributed by atoms with Gasteiger partial charge in [-0.2, -0.15) is 0 Å². The summed E-state index contributed by atoms with van der Waals surface area (Å²) in [6.07, 6.45) is 3.68. The molecule has 1 aromatic heterocycles. The van der Waals surface area contributed by atoms with E-state index in [2.05, 4.69) is 47.3 Å². The Morgan fingerprint density at radius 1 is 1.19 bits per heavy atom. The molecule has 21 heavy (non-hydrogen) atoms. The van der Waals surface area contributed by atoms with Crippen molar-refractivity contribution in [3.8, 4) is 0 Å². The van der Waals surface area contributed by atoms with E-state index in [1.807, 2.05) is 12.3 Å². The van der Waals surface area contributed by atoms with Crippen LogP contribution in [0.25, 0.3) is 0 Å². The molecule has 0 fully saturated rings. The lowest BCUT2D eigenvalue weighted by atomic mass is 10.0. The van der Waals surface area contributed by atoms with Crippen molar-refractivity contribution in [1.29, 1.82) is 0 Å². The van der Waals surface area contributed by atoms with Gasteiger partial charge in [0.25, 0.3) is 0 Å². The maximum atomic E-state index is 5.97. The van der Waals surface area contributed by atoms with Gasteiger partial charge in [-0.3, -0.25) is 9.88 Å². The van der Waals surface area contributed by atoms with Crippen LogP contribution >= 0.6 is 0 Å². The van der Waals surface area contributed by atoms with Crippen molar-refractivity contribution >= 4 is 0 Å². The standard InChI is InChI=1S/C17H23N3O/c1-20(12-15-4-3-9-19-11-15)17(10-18)16-7-5-14(6-8-16)13-21-2/h3-9,11,17H,10,12-13,18H2,1-2H3. The molecule has 0 saturated carbocycles. The van der Waals surface area contributed by atoms with Crippen LogP contribution in [0.2, 0.25) is 0 Å². The van der Waals surface area contributed by atoms with Crippen LogP contribution in [0, 0.1) is 0 Å². The number of aromatic nitrogens is 1. The number of nitrogens with zero attached hydrogens (tertiary/aromatic N) is 2. The molecular weight excluding hydrogens is 262 g/mol. The molecule has 1 heterocycles. The van der Waals surface area contributed by atoms with Crippen molar-refractivity contribution in [1.82, 2.24) is 9.88 Å². The van der Waals surface area contributed by atoms with Crippen molar-refractivity contribution in [2.45, 2.75) is 19.2 Å². The zero-order chi connectivity index (χ0) is 15.1. The molecule has 0 amide bonds. The van der Waals surface area contributed by atoms with E-state index in [1.54, 1.807) is 13.3 Å². The lowest BCUT2D eigenvalue weighted by Crippen LogP contribution is -2.30. The van der Waals surface area contributed by atoms with E-state index in [0.717, 1.165) is 6.54 Å². The lowest BCUT2D eigenvalue weighted by molar-refractivity contribution is 0.185. The molecule has 0 bridgehead atoms. The highest BCUT2D eigenvalue weighted by Gasteiger charge is 2.15. The molecule has 4 nitrogen and oxygen atoms in total. The molecule has 2 rings (SSSR count). The van der Waals surface area contributed by atoms with E-state index < -0.39 is 0 Å². The minimum atomic E-state index is 0.196. The van der Waals surface area contributed by atoms with Crippen LogP contribution < -0.4 is 5.73 Å². The molecule has 0 aliphatic carbocycles. The van der Waals surface area contributed by atoms with Crippen molar-refractivity contribution in [3.05, 3.63) is 65.5 Å². The summed E-state index contributed by atoms with van der Waals surface area (Å²) in [5.41, 5.74) is 9.56. The Morgan fingerprint density at radius 2 is 1.95 bits per heavy atom. The zero-order valence-corrected chi connectivity index (χ0v) is 12.7. The fourth-order valence-corrected chi connectivity index (χ4v) is 2.46. The number of hydrogen-bond acceptors (Lipinski definition) is 4. The third-order valence-corrected chi connectivity index (χ3v) is 3.59. The molecule has 4 heteroatoms. The van der Waals surface area contributed by atoms with Crippen LogP contribution in [-0.2, 0) is 17.9 Å². The summed E-state index contributed by atoms with van der Waals surface area (Å²) in [5.74, 6) is 0. The van der Waals surface area contributed by atoms with Crippen LogP contribution in [0.1, 0.15) is 22.7 Å². The van der Waals surface area contributed by atoms with Gasteiger partial charge in [-0.05, 0) is 29.8 Å². The molecule has 0 saturated heterocycles. The number of benzene rings is 1. The molecule has 0 spiro atoms. The van der Waals surface area contributed by atoms with Gasteiger partial charge in [-0.1, -0.05) is 30.3 Å². The van der Waals surface area contributed by atoms with Crippen LogP contribution in [-0.4, -0.2) is 30.6 Å². The molecule has 2 N–H and O–H groups in total. The van der Waals surface area contributed by atoms with Crippen LogP contribution in [0.5, 0.6) is 0 Å². The number of hydrogen-bond donors (Lipinski definition) is 1. The predicted octanol–water partition coefficient (Wildman–Crippen LogP) is 2.36. The lowest BCUT2D eigenvalue weighted by Gasteiger charge is -2.27. The fraction of sp³-hybridized carbons (Fsp3) is 0.353. The molecule has 1 atom stereocenters. The highest BCUT2D eigenvalue weighted by atomic mass is 16.5. The first-order valence-corrected chi connectivity index (χ1v) is 7.11. The Morgan fingerprint density at radius 3 is 2.52 bits per heavy atom. The van der Waals surface area contributed by atoms with Gasteiger partial charge in [0.1, 0.15) is 0 Å². The van der Waals surface area contributed by atoms with E-state index in [1.165, 1.54) is 16.7 Å². The largest absolute Gasteiger partial charge is 0.380 e. The quantitative estimate of drug-likeness (QED) is 0.848. The van der Waals surface area contributed by atoms with Gasteiger partial charge in [0.15, 0.2) is 0 Å². The smallest absolute Gasteiger partial charge is 0.0713 e. The summed E-state index contributed by atoms with van der Waals surface area (Å²) in [6.45, 7) is 2.05. The average molecular weight is 285 g/mol. The molecular formula is C17H23N3O. The Balaban J connectivity index is 2.07. The Kier molecular flexibility index (Phi) is 5.87. The van der Waals surface area contributed by atoms with Gasteiger partial charge in [0.05, 0.1) is 6.61 Å². The third-order valence-electron chi connectivity index (χ3n) is 3.59. The van der Waals surface area contributed by atoms with Crippen LogP contribution in [0.3, 0.4) is 0 Å². The number of pyridine rings is 1. The molecule has 0 aliphatic heterocycles. The second-order valence-corrected chi connectivity index (χ2v) is 5.20. The van der Waals surface area contributed by atoms with E-state index in [-0.39, 0.29) is 6.04 Å². The molecule has 112 valence electrons. The normalized spacial score (nSPS) is 12.6. The van der Waals surface area contributed by atoms with E-state index in [0.29, 0.717) is 13.2 Å². The second kappa shape index (κ2) is 7.88. The number of nitrogens with two attached hydrogens (primary N) is 1. The van der Waals surface area contributed by atoms with E-state index >= 15 is 0 Å². The minimum absolute atomic E-state index is 0.196. The van der Waals surface area contributed by atoms with E-state index in [9.17, 15) is 0 Å². The predicted molar refractivity (Wildman–Crippen MR) is 84.7 cm³/mol. The number of ether oxygens (including phenoxy) is 1. The maximum absolute atomic E-state index is 5.97. The number of likely N-dealkylation sites (N-methyl/N-ethyl adjacent to an activating group) is 1. The first kappa shape index (κ1) is 15.6. The van der Waals surface area contributed by atoms with Crippen molar-refractivity contribution < 1.29 is 4.74 Å². The Hall–Kier alpha value is -1.75. The molecule has 1 aromatic carbocycles. The minimum Gasteiger partial charge on any atom is -0.380 e.